The molecule has 1 aliphatic carbocycles. The lowest BCUT2D eigenvalue weighted by molar-refractivity contribution is -0.193. The molecule has 0 spiro atoms. The van der Waals surface area contributed by atoms with Crippen LogP contribution in [0.4, 0.5) is 4.79 Å². The molecule has 3 aromatic carbocycles. The van der Waals surface area contributed by atoms with Crippen molar-refractivity contribution in [1.29, 1.82) is 0 Å². The molecular formula is C36H43N3O6. The van der Waals surface area contributed by atoms with Crippen LogP contribution in [0.15, 0.2) is 72.8 Å². The summed E-state index contributed by atoms with van der Waals surface area (Å²) < 4.78 is 10.5. The van der Waals surface area contributed by atoms with Crippen LogP contribution in [-0.4, -0.2) is 48.1 Å². The van der Waals surface area contributed by atoms with Crippen molar-refractivity contribution in [3.05, 3.63) is 83.9 Å². The Hall–Kier alpha value is -4.40. The highest BCUT2D eigenvalue weighted by molar-refractivity contribution is 5.94. The fourth-order valence-corrected chi connectivity index (χ4v) is 6.07. The highest BCUT2D eigenvalue weighted by Gasteiger charge is 2.51. The second-order valence-electron chi connectivity index (χ2n) is 12.4. The summed E-state index contributed by atoms with van der Waals surface area (Å²) in [4.78, 5) is 50.5. The molecule has 0 radical (unpaired) electrons. The summed E-state index contributed by atoms with van der Waals surface area (Å²) in [6, 6.07) is 22.8. The summed E-state index contributed by atoms with van der Waals surface area (Å²) in [5.41, 5.74) is 2.06. The van der Waals surface area contributed by atoms with Crippen molar-refractivity contribution in [2.75, 3.05) is 0 Å². The molecule has 45 heavy (non-hydrogen) atoms. The van der Waals surface area contributed by atoms with Crippen LogP contribution in [0.25, 0.3) is 10.8 Å². The van der Waals surface area contributed by atoms with Crippen molar-refractivity contribution < 1.29 is 28.7 Å². The second kappa shape index (κ2) is 14.6. The Bertz CT molecular complexity index is 1510. The molecule has 9 nitrogen and oxygen atoms in total. The Balaban J connectivity index is 1.18. The van der Waals surface area contributed by atoms with Crippen molar-refractivity contribution >= 4 is 34.6 Å². The van der Waals surface area contributed by atoms with Crippen LogP contribution >= 0.6 is 0 Å². The summed E-state index contributed by atoms with van der Waals surface area (Å²) >= 11 is 0. The second-order valence-corrected chi connectivity index (χ2v) is 12.4. The number of rotatable bonds is 14. The number of hydrogen-bond donors (Lipinski definition) is 3. The highest BCUT2D eigenvalue weighted by Crippen LogP contribution is 2.37. The lowest BCUT2D eigenvalue weighted by Crippen LogP contribution is -2.56. The molecule has 1 saturated carbocycles. The van der Waals surface area contributed by atoms with Crippen molar-refractivity contribution in [2.24, 2.45) is 17.8 Å². The van der Waals surface area contributed by atoms with Crippen LogP contribution in [0.1, 0.15) is 57.6 Å². The lowest BCUT2D eigenvalue weighted by atomic mass is 9.83. The van der Waals surface area contributed by atoms with Gasteiger partial charge in [0.2, 0.25) is 5.91 Å². The molecule has 238 valence electrons. The van der Waals surface area contributed by atoms with E-state index in [-0.39, 0.29) is 48.3 Å². The Morgan fingerprint density at radius 1 is 0.956 bits per heavy atom. The number of cyclic esters (lactones) is 1. The van der Waals surface area contributed by atoms with Gasteiger partial charge in [0.15, 0.2) is 6.10 Å². The first-order valence-electron chi connectivity index (χ1n) is 16.0. The molecule has 2 aliphatic rings. The van der Waals surface area contributed by atoms with Gasteiger partial charge >= 0.3 is 12.1 Å². The zero-order valence-corrected chi connectivity index (χ0v) is 26.2. The van der Waals surface area contributed by atoms with E-state index in [0.717, 1.165) is 24.8 Å². The molecule has 0 unspecified atom stereocenters. The number of carbonyl (C=O) groups excluding carboxylic acids is 4. The van der Waals surface area contributed by atoms with Gasteiger partial charge in [-0.25, -0.2) is 4.79 Å². The molecule has 3 aromatic rings. The van der Waals surface area contributed by atoms with Crippen molar-refractivity contribution in [3.63, 3.8) is 0 Å². The number of hydrogen-bond acceptors (Lipinski definition) is 6. The van der Waals surface area contributed by atoms with E-state index in [4.69, 9.17) is 9.47 Å². The van der Waals surface area contributed by atoms with Crippen molar-refractivity contribution in [2.45, 2.75) is 83.7 Å². The summed E-state index contributed by atoms with van der Waals surface area (Å²) in [6.07, 6.45) is 2.32. The Kier molecular flexibility index (Phi) is 10.4. The van der Waals surface area contributed by atoms with E-state index in [9.17, 15) is 19.2 Å². The Morgan fingerprint density at radius 2 is 1.69 bits per heavy atom. The minimum absolute atomic E-state index is 0.0325. The normalized spacial score (nSPS) is 22.2. The van der Waals surface area contributed by atoms with Gasteiger partial charge in [-0.2, -0.15) is 0 Å². The minimum atomic E-state index is -0.797. The van der Waals surface area contributed by atoms with E-state index in [1.807, 2.05) is 62.4 Å². The molecule has 1 saturated heterocycles. The number of carbonyl (C=O) groups is 4. The maximum absolute atomic E-state index is 13.2. The monoisotopic (exact) mass is 613 g/mol. The van der Waals surface area contributed by atoms with E-state index >= 15 is 0 Å². The van der Waals surface area contributed by atoms with E-state index in [2.05, 4.69) is 40.2 Å². The third-order valence-corrected chi connectivity index (χ3v) is 9.12. The molecular weight excluding hydrogens is 570 g/mol. The van der Waals surface area contributed by atoms with Gasteiger partial charge in [0, 0.05) is 12.1 Å². The van der Waals surface area contributed by atoms with Crippen LogP contribution in [-0.2, 0) is 36.9 Å². The molecule has 9 heteroatoms. The first kappa shape index (κ1) is 32.0. The maximum Gasteiger partial charge on any atom is 0.408 e. The van der Waals surface area contributed by atoms with Crippen LogP contribution in [0.2, 0.25) is 0 Å². The lowest BCUT2D eigenvalue weighted by Gasteiger charge is -2.37. The largest absolute Gasteiger partial charge is 0.451 e. The van der Waals surface area contributed by atoms with E-state index in [0.29, 0.717) is 12.8 Å². The minimum Gasteiger partial charge on any atom is -0.451 e. The number of benzene rings is 3. The maximum atomic E-state index is 13.2. The number of ether oxygens (including phenoxy) is 2. The van der Waals surface area contributed by atoms with Gasteiger partial charge in [-0.1, -0.05) is 93.1 Å². The summed E-state index contributed by atoms with van der Waals surface area (Å²) in [6.45, 7) is 5.71. The number of alkyl carbamates (subject to hydrolysis) is 1. The van der Waals surface area contributed by atoms with Crippen LogP contribution in [0.5, 0.6) is 0 Å². The number of esters is 1. The molecule has 1 heterocycles. The molecule has 0 bridgehead atoms. The van der Waals surface area contributed by atoms with Crippen LogP contribution < -0.4 is 16.0 Å². The van der Waals surface area contributed by atoms with Gasteiger partial charge in [0.25, 0.3) is 5.91 Å². The predicted octanol–water partition coefficient (Wildman–Crippen LogP) is 5.05. The van der Waals surface area contributed by atoms with Gasteiger partial charge in [-0.3, -0.25) is 14.4 Å². The molecule has 1 aliphatic heterocycles. The third kappa shape index (κ3) is 8.21. The van der Waals surface area contributed by atoms with E-state index in [1.165, 1.54) is 16.3 Å². The number of nitrogens with one attached hydrogen (secondary N) is 3. The van der Waals surface area contributed by atoms with Crippen LogP contribution in [0, 0.1) is 17.8 Å². The van der Waals surface area contributed by atoms with Crippen molar-refractivity contribution in [1.82, 2.24) is 16.0 Å². The summed E-state index contributed by atoms with van der Waals surface area (Å²) in [7, 11) is 0. The zero-order chi connectivity index (χ0) is 31.9. The number of amides is 3. The van der Waals surface area contributed by atoms with Crippen LogP contribution in [0.3, 0.4) is 0 Å². The van der Waals surface area contributed by atoms with E-state index in [1.54, 1.807) is 6.92 Å². The highest BCUT2D eigenvalue weighted by atomic mass is 16.6. The predicted molar refractivity (Wildman–Crippen MR) is 171 cm³/mol. The molecule has 2 fully saturated rings. The molecule has 3 N–H and O–H groups in total. The van der Waals surface area contributed by atoms with Gasteiger partial charge in [0.1, 0.15) is 18.6 Å². The van der Waals surface area contributed by atoms with Crippen molar-refractivity contribution in [3.8, 4) is 0 Å². The quantitative estimate of drug-likeness (QED) is 0.219. The average Bonchev–Trinajstić information content (AvgIpc) is 3.77. The topological polar surface area (TPSA) is 123 Å². The molecule has 3 amide bonds. The fraction of sp³-hybridized carbons (Fsp3) is 0.444. The van der Waals surface area contributed by atoms with Gasteiger partial charge in [-0.05, 0) is 66.3 Å². The standard InChI is InChI=1S/C36H43N3O6/c1-4-22(2)31-32(45-35(31)42)34(41)39-30-20-27(30)19-28(18-17-26-15-10-14-25-13-8-9-16-29(25)26)38-33(40)23(3)37-36(43)44-21-24-11-6-5-7-12-24/h5-16,22-23,27-28,30-32H,4,17-21H2,1-3H3,(H,37,43)(H,38,40)(H,39,41)/t22-,23-,27+,28+,30-,31-,32+/m0/s1. The number of fused-ring (bicyclic) bond motifs is 1. The average molecular weight is 614 g/mol. The smallest absolute Gasteiger partial charge is 0.408 e. The van der Waals surface area contributed by atoms with Gasteiger partial charge in [0.05, 0.1) is 0 Å². The third-order valence-electron chi connectivity index (χ3n) is 9.12. The Morgan fingerprint density at radius 3 is 2.44 bits per heavy atom. The summed E-state index contributed by atoms with van der Waals surface area (Å²) in [5.74, 6) is -0.974. The van der Waals surface area contributed by atoms with Gasteiger partial charge < -0.3 is 25.4 Å². The first-order chi connectivity index (χ1) is 21.7. The SMILES string of the molecule is CC[C@H](C)[C@@H]1C(=O)O[C@H]1C(=O)N[C@H]1C[C@H]1C[C@@H](CCc1cccc2ccccc12)NC(=O)[C@H](C)NC(=O)OCc1ccccc1. The number of aryl methyl sites for hydroxylation is 1. The molecule has 5 rings (SSSR count). The van der Waals surface area contributed by atoms with Gasteiger partial charge in [-0.15, -0.1) is 0 Å². The Labute approximate surface area is 264 Å². The fourth-order valence-electron chi connectivity index (χ4n) is 6.07. The molecule has 0 aromatic heterocycles. The summed E-state index contributed by atoms with van der Waals surface area (Å²) in [5, 5.41) is 11.2. The molecule has 7 atom stereocenters. The zero-order valence-electron chi connectivity index (χ0n) is 26.2. The first-order valence-corrected chi connectivity index (χ1v) is 16.0. The van der Waals surface area contributed by atoms with E-state index < -0.39 is 24.2 Å².